The Balaban J connectivity index is 2.38. The number of carbonyl (C=O) groups is 1. The summed E-state index contributed by atoms with van der Waals surface area (Å²) in [4.78, 5) is 44.2. The number of benzene rings is 1. The fraction of sp³-hybridized carbons (Fsp3) is 0.188. The van der Waals surface area contributed by atoms with Crippen LogP contribution in [-0.4, -0.2) is 30.8 Å². The fourth-order valence-corrected chi connectivity index (χ4v) is 3.11. The van der Waals surface area contributed by atoms with Crippen LogP contribution >= 0.6 is 11.8 Å². The van der Waals surface area contributed by atoms with E-state index < -0.39 is 17.2 Å². The maximum Gasteiger partial charge on any atom is 0.332 e. The van der Waals surface area contributed by atoms with Gasteiger partial charge in [0, 0.05) is 25.4 Å². The number of rotatable bonds is 4. The van der Waals surface area contributed by atoms with Gasteiger partial charge in [0.1, 0.15) is 10.4 Å². The Bertz CT molecular complexity index is 1090. The summed E-state index contributed by atoms with van der Waals surface area (Å²) < 4.78 is 2.19. The lowest BCUT2D eigenvalue weighted by molar-refractivity contribution is -0.301. The van der Waals surface area contributed by atoms with Gasteiger partial charge in [-0.25, -0.2) is 14.8 Å². The molecule has 2 aromatic heterocycles. The van der Waals surface area contributed by atoms with Crippen molar-refractivity contribution in [2.45, 2.75) is 5.03 Å². The van der Waals surface area contributed by atoms with Crippen molar-refractivity contribution in [3.05, 3.63) is 51.2 Å². The molecule has 25 heavy (non-hydrogen) atoms. The quantitative estimate of drug-likeness (QED) is 0.459. The second-order valence-electron chi connectivity index (χ2n) is 5.28. The highest BCUT2D eigenvalue weighted by atomic mass is 32.2. The van der Waals surface area contributed by atoms with E-state index in [9.17, 15) is 19.5 Å². The van der Waals surface area contributed by atoms with E-state index in [2.05, 4.69) is 9.97 Å². The third-order valence-corrected chi connectivity index (χ3v) is 4.57. The van der Waals surface area contributed by atoms with Gasteiger partial charge >= 0.3 is 5.69 Å². The number of thioether (sulfide) groups is 1. The number of fused-ring (bicyclic) bond motifs is 1. The molecule has 128 valence electrons. The molecule has 0 saturated heterocycles. The van der Waals surface area contributed by atoms with E-state index in [1.165, 1.54) is 18.7 Å². The van der Waals surface area contributed by atoms with Crippen molar-refractivity contribution < 1.29 is 9.90 Å². The second kappa shape index (κ2) is 6.52. The Labute approximate surface area is 145 Å². The molecule has 3 aromatic rings. The van der Waals surface area contributed by atoms with Gasteiger partial charge in [-0.3, -0.25) is 13.9 Å². The van der Waals surface area contributed by atoms with E-state index in [0.29, 0.717) is 11.4 Å². The number of carboxylic acid groups (broad SMARTS) is 1. The highest BCUT2D eigenvalue weighted by Gasteiger charge is 2.18. The SMILES string of the molecule is Cn1c(=O)c2c(SCC(=O)[O-])nc(-c3ccccc3)nc2n(C)c1=O. The number of aliphatic carboxylic acids is 1. The van der Waals surface area contributed by atoms with E-state index in [-0.39, 0.29) is 21.8 Å². The third-order valence-electron chi connectivity index (χ3n) is 3.63. The highest BCUT2D eigenvalue weighted by Crippen LogP contribution is 2.25. The first-order chi connectivity index (χ1) is 11.9. The molecule has 0 spiro atoms. The minimum Gasteiger partial charge on any atom is -0.549 e. The molecule has 0 radical (unpaired) electrons. The Morgan fingerprint density at radius 3 is 2.44 bits per heavy atom. The zero-order valence-electron chi connectivity index (χ0n) is 13.4. The Hall–Kier alpha value is -2.94. The molecule has 1 aromatic carbocycles. The predicted octanol–water partition coefficient (Wildman–Crippen LogP) is -0.464. The molecule has 0 atom stereocenters. The van der Waals surface area contributed by atoms with E-state index in [4.69, 9.17) is 0 Å². The summed E-state index contributed by atoms with van der Waals surface area (Å²) in [5.74, 6) is -1.34. The maximum atomic E-state index is 12.5. The zero-order valence-corrected chi connectivity index (χ0v) is 14.2. The van der Waals surface area contributed by atoms with E-state index in [0.717, 1.165) is 16.3 Å². The van der Waals surface area contributed by atoms with Crippen molar-refractivity contribution in [2.24, 2.45) is 14.1 Å². The number of aryl methyl sites for hydroxylation is 1. The summed E-state index contributed by atoms with van der Waals surface area (Å²) >= 11 is 0.862. The molecule has 0 amide bonds. The van der Waals surface area contributed by atoms with Crippen molar-refractivity contribution in [1.29, 1.82) is 0 Å². The van der Waals surface area contributed by atoms with Crippen molar-refractivity contribution in [3.8, 4) is 11.4 Å². The van der Waals surface area contributed by atoms with Gasteiger partial charge in [-0.1, -0.05) is 42.1 Å². The van der Waals surface area contributed by atoms with Gasteiger partial charge in [0.2, 0.25) is 0 Å². The van der Waals surface area contributed by atoms with E-state index in [1.807, 2.05) is 6.07 Å². The van der Waals surface area contributed by atoms with Crippen LogP contribution < -0.4 is 16.4 Å². The van der Waals surface area contributed by atoms with Crippen LogP contribution in [0.1, 0.15) is 0 Å². The molecule has 0 aliphatic rings. The molecule has 3 rings (SSSR count). The fourth-order valence-electron chi connectivity index (χ4n) is 2.38. The van der Waals surface area contributed by atoms with Crippen molar-refractivity contribution in [3.63, 3.8) is 0 Å². The van der Waals surface area contributed by atoms with Crippen LogP contribution in [0.3, 0.4) is 0 Å². The molecular weight excluding hydrogens is 344 g/mol. The van der Waals surface area contributed by atoms with E-state index in [1.54, 1.807) is 24.3 Å². The molecule has 9 heteroatoms. The van der Waals surface area contributed by atoms with Gasteiger partial charge in [-0.2, -0.15) is 0 Å². The summed E-state index contributed by atoms with van der Waals surface area (Å²) in [6, 6.07) is 9.02. The smallest absolute Gasteiger partial charge is 0.332 e. The zero-order chi connectivity index (χ0) is 18.1. The molecule has 0 aliphatic carbocycles. The molecule has 0 N–H and O–H groups in total. The number of carbonyl (C=O) groups excluding carboxylic acids is 1. The maximum absolute atomic E-state index is 12.5. The number of aromatic nitrogens is 4. The molecule has 0 aliphatic heterocycles. The molecule has 0 fully saturated rings. The Morgan fingerprint density at radius 2 is 1.80 bits per heavy atom. The van der Waals surface area contributed by atoms with Crippen molar-refractivity contribution >= 4 is 28.8 Å². The van der Waals surface area contributed by atoms with Crippen molar-refractivity contribution in [1.82, 2.24) is 19.1 Å². The molecule has 8 nitrogen and oxygen atoms in total. The molecule has 0 saturated carbocycles. The van der Waals surface area contributed by atoms with Crippen LogP contribution in [-0.2, 0) is 18.9 Å². The summed E-state index contributed by atoms with van der Waals surface area (Å²) in [6.07, 6.45) is 0. The average Bonchev–Trinajstić information content (AvgIpc) is 2.62. The number of nitrogens with zero attached hydrogens (tertiary/aromatic N) is 4. The van der Waals surface area contributed by atoms with Gasteiger partial charge in [0.05, 0.1) is 5.97 Å². The van der Waals surface area contributed by atoms with Gasteiger partial charge in [-0.15, -0.1) is 0 Å². The normalized spacial score (nSPS) is 11.0. The van der Waals surface area contributed by atoms with Gasteiger partial charge in [0.15, 0.2) is 11.5 Å². The summed E-state index contributed by atoms with van der Waals surface area (Å²) in [6.45, 7) is 0. The van der Waals surface area contributed by atoms with Crippen LogP contribution in [0.5, 0.6) is 0 Å². The Kier molecular flexibility index (Phi) is 4.41. The van der Waals surface area contributed by atoms with Crippen LogP contribution in [0.15, 0.2) is 44.9 Å². The molecule has 0 unspecified atom stereocenters. The molecule has 0 bridgehead atoms. The largest absolute Gasteiger partial charge is 0.549 e. The summed E-state index contributed by atoms with van der Waals surface area (Å²) in [5, 5.41) is 11.1. The first kappa shape index (κ1) is 16.9. The van der Waals surface area contributed by atoms with E-state index >= 15 is 0 Å². The lowest BCUT2D eigenvalue weighted by Gasteiger charge is -2.12. The number of hydrogen-bond donors (Lipinski definition) is 0. The minimum atomic E-state index is -1.28. The number of carboxylic acids is 1. The van der Waals surface area contributed by atoms with Gasteiger partial charge in [0.25, 0.3) is 5.56 Å². The van der Waals surface area contributed by atoms with Crippen LogP contribution in [0.2, 0.25) is 0 Å². The topological polar surface area (TPSA) is 110 Å². The van der Waals surface area contributed by atoms with Crippen molar-refractivity contribution in [2.75, 3.05) is 5.75 Å². The van der Waals surface area contributed by atoms with Crippen LogP contribution in [0, 0.1) is 0 Å². The first-order valence-corrected chi connectivity index (χ1v) is 8.24. The lowest BCUT2D eigenvalue weighted by Crippen LogP contribution is -2.37. The average molecular weight is 357 g/mol. The standard InChI is InChI=1S/C16H14N4O4S/c1-19-13-11(15(23)20(2)16(19)24)14(25-8-10(21)22)18-12(17-13)9-6-4-3-5-7-9/h3-7H,8H2,1-2H3,(H,21,22)/p-1. The summed E-state index contributed by atoms with van der Waals surface area (Å²) in [7, 11) is 2.85. The Morgan fingerprint density at radius 1 is 1.12 bits per heavy atom. The predicted molar refractivity (Wildman–Crippen MR) is 91.2 cm³/mol. The lowest BCUT2D eigenvalue weighted by atomic mass is 10.2. The molecule has 2 heterocycles. The van der Waals surface area contributed by atoms with Crippen LogP contribution in [0.25, 0.3) is 22.4 Å². The monoisotopic (exact) mass is 357 g/mol. The summed E-state index contributed by atoms with van der Waals surface area (Å²) in [5.41, 5.74) is -0.250. The van der Waals surface area contributed by atoms with Gasteiger partial charge < -0.3 is 9.90 Å². The first-order valence-electron chi connectivity index (χ1n) is 7.26. The highest BCUT2D eigenvalue weighted by molar-refractivity contribution is 8.00. The third kappa shape index (κ3) is 3.05. The second-order valence-corrected chi connectivity index (χ2v) is 6.25. The number of hydrogen-bond acceptors (Lipinski definition) is 7. The minimum absolute atomic E-state index is 0.107. The molecular formula is C16H13N4O4S-. The van der Waals surface area contributed by atoms with Gasteiger partial charge in [-0.05, 0) is 0 Å². The van der Waals surface area contributed by atoms with Crippen LogP contribution in [0.4, 0.5) is 0 Å².